The molecule has 0 aliphatic carbocycles. The van der Waals surface area contributed by atoms with Crippen LogP contribution in [0.2, 0.25) is 0 Å². The molecular weight excluding hydrogens is 450 g/mol. The second-order valence-corrected chi connectivity index (χ2v) is 8.99. The summed E-state index contributed by atoms with van der Waals surface area (Å²) >= 11 is 0. The van der Waals surface area contributed by atoms with E-state index in [9.17, 15) is 18.0 Å². The topological polar surface area (TPSA) is 126 Å². The van der Waals surface area contributed by atoms with Crippen LogP contribution in [-0.2, 0) is 30.9 Å². The Labute approximate surface area is 192 Å². The third-order valence-corrected chi connectivity index (χ3v) is 6.55. The molecule has 1 amide bonds. The fourth-order valence-electron chi connectivity index (χ4n) is 2.89. The second kappa shape index (κ2) is 11.3. The van der Waals surface area contributed by atoms with Crippen molar-refractivity contribution in [1.29, 1.82) is 5.26 Å². The van der Waals surface area contributed by atoms with Gasteiger partial charge >= 0.3 is 5.97 Å². The number of carbonyl (C=O) groups excluding carboxylic acids is 2. The van der Waals surface area contributed by atoms with Crippen LogP contribution in [0.15, 0.2) is 47.4 Å². The lowest BCUT2D eigenvalue weighted by Crippen LogP contribution is -2.43. The van der Waals surface area contributed by atoms with E-state index in [1.807, 2.05) is 6.07 Å². The third kappa shape index (κ3) is 6.68. The highest BCUT2D eigenvalue weighted by atomic mass is 32.2. The van der Waals surface area contributed by atoms with Crippen LogP contribution in [0.3, 0.4) is 0 Å². The van der Waals surface area contributed by atoms with Crippen molar-refractivity contribution in [2.75, 3.05) is 41.5 Å². The number of amides is 1. The SMILES string of the molecule is COC(=O)CN(Cc1cc(OC)cc(OC)c1)C(=O)CN(C)S(=O)(=O)c1ccc(C#N)cc1. The van der Waals surface area contributed by atoms with Gasteiger partial charge in [0, 0.05) is 19.7 Å². The van der Waals surface area contributed by atoms with Crippen LogP contribution in [0.4, 0.5) is 0 Å². The molecule has 0 N–H and O–H groups in total. The lowest BCUT2D eigenvalue weighted by Gasteiger charge is -2.25. The predicted molar refractivity (Wildman–Crippen MR) is 118 cm³/mol. The fourth-order valence-corrected chi connectivity index (χ4v) is 4.01. The summed E-state index contributed by atoms with van der Waals surface area (Å²) in [5.41, 5.74) is 0.923. The molecule has 0 aliphatic heterocycles. The minimum Gasteiger partial charge on any atom is -0.497 e. The van der Waals surface area contributed by atoms with Gasteiger partial charge in [-0.3, -0.25) is 9.59 Å². The Morgan fingerprint density at radius 2 is 1.55 bits per heavy atom. The van der Waals surface area contributed by atoms with Crippen LogP contribution in [0.1, 0.15) is 11.1 Å². The summed E-state index contributed by atoms with van der Waals surface area (Å²) in [5, 5.41) is 8.89. The molecule has 10 nitrogen and oxygen atoms in total. The molecule has 0 bridgehead atoms. The maximum Gasteiger partial charge on any atom is 0.325 e. The number of carbonyl (C=O) groups is 2. The standard InChI is InChI=1S/C22H25N3O7S/c1-24(33(28,29)20-7-5-16(12-23)6-8-20)14-21(26)25(15-22(27)32-4)13-17-9-18(30-2)11-19(10-17)31-3/h5-11H,13-15H2,1-4H3. The van der Waals surface area contributed by atoms with E-state index in [1.165, 1.54) is 57.5 Å². The van der Waals surface area contributed by atoms with Crippen molar-refractivity contribution in [2.24, 2.45) is 0 Å². The van der Waals surface area contributed by atoms with Crippen LogP contribution >= 0.6 is 0 Å². The van der Waals surface area contributed by atoms with Crippen LogP contribution in [-0.4, -0.2) is 71.0 Å². The number of esters is 1. The molecule has 0 atom stereocenters. The quantitative estimate of drug-likeness (QED) is 0.472. The number of hydrogen-bond donors (Lipinski definition) is 0. The molecule has 0 unspecified atom stereocenters. The number of likely N-dealkylation sites (N-methyl/N-ethyl adjacent to an activating group) is 1. The normalized spacial score (nSPS) is 10.9. The van der Waals surface area contributed by atoms with Gasteiger partial charge in [-0.25, -0.2) is 8.42 Å². The van der Waals surface area contributed by atoms with Crippen molar-refractivity contribution >= 4 is 21.9 Å². The van der Waals surface area contributed by atoms with Crippen molar-refractivity contribution in [2.45, 2.75) is 11.4 Å². The number of hydrogen-bond acceptors (Lipinski definition) is 8. The lowest BCUT2D eigenvalue weighted by molar-refractivity contribution is -0.147. The highest BCUT2D eigenvalue weighted by Gasteiger charge is 2.26. The molecule has 0 saturated heterocycles. The minimum absolute atomic E-state index is 0.00769. The Hall–Kier alpha value is -3.62. The van der Waals surface area contributed by atoms with Gasteiger partial charge in [0.25, 0.3) is 0 Å². The number of nitriles is 1. The van der Waals surface area contributed by atoms with Gasteiger partial charge < -0.3 is 19.1 Å². The molecule has 0 radical (unpaired) electrons. The monoisotopic (exact) mass is 475 g/mol. The number of nitrogens with zero attached hydrogens (tertiary/aromatic N) is 3. The second-order valence-electron chi connectivity index (χ2n) is 6.94. The molecule has 0 aromatic heterocycles. The Morgan fingerprint density at radius 3 is 2.03 bits per heavy atom. The van der Waals surface area contributed by atoms with Gasteiger partial charge in [-0.05, 0) is 42.0 Å². The van der Waals surface area contributed by atoms with E-state index in [4.69, 9.17) is 14.7 Å². The van der Waals surface area contributed by atoms with Crippen molar-refractivity contribution in [1.82, 2.24) is 9.21 Å². The maximum absolute atomic E-state index is 13.0. The number of ether oxygens (including phenoxy) is 3. The van der Waals surface area contributed by atoms with E-state index in [-0.39, 0.29) is 18.0 Å². The number of rotatable bonds is 10. The first-order valence-corrected chi connectivity index (χ1v) is 11.1. The summed E-state index contributed by atoms with van der Waals surface area (Å²) in [6.45, 7) is -0.897. The summed E-state index contributed by atoms with van der Waals surface area (Å²) in [6.07, 6.45) is 0. The predicted octanol–water partition coefficient (Wildman–Crippen LogP) is 1.40. The smallest absolute Gasteiger partial charge is 0.325 e. The van der Waals surface area contributed by atoms with E-state index >= 15 is 0 Å². The summed E-state index contributed by atoms with van der Waals surface area (Å²) in [6, 6.07) is 12.3. The van der Waals surface area contributed by atoms with Crippen molar-refractivity contribution in [3.63, 3.8) is 0 Å². The molecule has 0 spiro atoms. The zero-order chi connectivity index (χ0) is 24.6. The van der Waals surface area contributed by atoms with Crippen LogP contribution in [0.5, 0.6) is 11.5 Å². The van der Waals surface area contributed by atoms with Crippen molar-refractivity contribution in [3.8, 4) is 17.6 Å². The summed E-state index contributed by atoms with van der Waals surface area (Å²) < 4.78 is 41.7. The van der Waals surface area contributed by atoms with Gasteiger partial charge in [0.15, 0.2) is 0 Å². The van der Waals surface area contributed by atoms with Gasteiger partial charge in [-0.1, -0.05) is 0 Å². The van der Waals surface area contributed by atoms with E-state index in [2.05, 4.69) is 4.74 Å². The molecule has 2 rings (SSSR count). The van der Waals surface area contributed by atoms with Gasteiger partial charge in [0.2, 0.25) is 15.9 Å². The average Bonchev–Trinajstić information content (AvgIpc) is 2.82. The van der Waals surface area contributed by atoms with Gasteiger partial charge in [0.1, 0.15) is 18.0 Å². The average molecular weight is 476 g/mol. The van der Waals surface area contributed by atoms with E-state index in [1.54, 1.807) is 18.2 Å². The molecule has 11 heteroatoms. The molecule has 0 saturated carbocycles. The van der Waals surface area contributed by atoms with Crippen LogP contribution in [0, 0.1) is 11.3 Å². The zero-order valence-corrected chi connectivity index (χ0v) is 19.6. The summed E-state index contributed by atoms with van der Waals surface area (Å²) in [4.78, 5) is 26.0. The molecule has 2 aromatic rings. The summed E-state index contributed by atoms with van der Waals surface area (Å²) in [7, 11) is 1.43. The maximum atomic E-state index is 13.0. The van der Waals surface area contributed by atoms with Gasteiger partial charge in [-0.15, -0.1) is 0 Å². The Bertz CT molecular complexity index is 1120. The largest absolute Gasteiger partial charge is 0.497 e. The van der Waals surface area contributed by atoms with Crippen molar-refractivity contribution in [3.05, 3.63) is 53.6 Å². The first-order chi connectivity index (χ1) is 15.6. The zero-order valence-electron chi connectivity index (χ0n) is 18.8. The molecule has 0 aliphatic rings. The lowest BCUT2D eigenvalue weighted by atomic mass is 10.2. The van der Waals surface area contributed by atoms with E-state index in [0.717, 1.165) is 4.31 Å². The fraction of sp³-hybridized carbons (Fsp3) is 0.318. The third-order valence-electron chi connectivity index (χ3n) is 4.73. The van der Waals surface area contributed by atoms with E-state index in [0.29, 0.717) is 22.6 Å². The Morgan fingerprint density at radius 1 is 0.970 bits per heavy atom. The highest BCUT2D eigenvalue weighted by molar-refractivity contribution is 7.89. The van der Waals surface area contributed by atoms with Crippen LogP contribution < -0.4 is 9.47 Å². The number of methoxy groups -OCH3 is 3. The van der Waals surface area contributed by atoms with Gasteiger partial charge in [-0.2, -0.15) is 9.57 Å². The first-order valence-electron chi connectivity index (χ1n) is 9.67. The van der Waals surface area contributed by atoms with Crippen molar-refractivity contribution < 1.29 is 32.2 Å². The molecule has 0 heterocycles. The number of sulfonamides is 1. The Balaban J connectivity index is 2.26. The van der Waals surface area contributed by atoms with E-state index < -0.39 is 28.4 Å². The first kappa shape index (κ1) is 25.6. The molecule has 33 heavy (non-hydrogen) atoms. The number of benzene rings is 2. The summed E-state index contributed by atoms with van der Waals surface area (Å²) in [5.74, 6) is -0.275. The van der Waals surface area contributed by atoms with Gasteiger partial charge in [0.05, 0.1) is 44.4 Å². The molecular formula is C22H25N3O7S. The molecule has 0 fully saturated rings. The molecule has 2 aromatic carbocycles. The minimum atomic E-state index is -4.00. The molecule has 176 valence electrons. The van der Waals surface area contributed by atoms with Crippen LogP contribution in [0.25, 0.3) is 0 Å². The highest BCUT2D eigenvalue weighted by Crippen LogP contribution is 2.24. The Kier molecular flexibility index (Phi) is 8.78.